The molecule has 0 bridgehead atoms. The topological polar surface area (TPSA) is 143 Å². The molecule has 2 amide bonds. The summed E-state index contributed by atoms with van der Waals surface area (Å²) in [5.74, 6) is -2.97. The number of aliphatic hydroxyl groups excluding tert-OH is 1. The van der Waals surface area contributed by atoms with Gasteiger partial charge in [0, 0.05) is 12.3 Å². The van der Waals surface area contributed by atoms with E-state index in [9.17, 15) is 30.1 Å². The number of carbonyl (C=O) groups excluding carboxylic acids is 1. The first-order chi connectivity index (χ1) is 8.28. The van der Waals surface area contributed by atoms with Crippen molar-refractivity contribution in [1.29, 1.82) is 0 Å². The van der Waals surface area contributed by atoms with Crippen LogP contribution in [-0.2, 0) is 0 Å². The molecule has 0 aromatic heterocycles. The Bertz CT molecular complexity index is 341. The summed E-state index contributed by atoms with van der Waals surface area (Å²) < 4.78 is 0. The quantitative estimate of drug-likeness (QED) is 0.183. The van der Waals surface area contributed by atoms with Gasteiger partial charge in [0.15, 0.2) is 5.72 Å². The third-order valence-electron chi connectivity index (χ3n) is 2.80. The molecule has 0 aromatic carbocycles. The van der Waals surface area contributed by atoms with E-state index in [1.165, 1.54) is 0 Å². The van der Waals surface area contributed by atoms with Crippen LogP contribution < -0.4 is 5.32 Å². The van der Waals surface area contributed by atoms with Gasteiger partial charge in [-0.15, -0.1) is 16.5 Å². The minimum atomic E-state index is -2.90. The van der Waals surface area contributed by atoms with Gasteiger partial charge in [0.25, 0.3) is 0 Å². The number of hydrogen-bond acceptors (Lipinski definition) is 7. The van der Waals surface area contributed by atoms with Crippen LogP contribution in [0.25, 0.3) is 0 Å². The summed E-state index contributed by atoms with van der Waals surface area (Å²) >= 11 is 5.33. The van der Waals surface area contributed by atoms with E-state index < -0.39 is 23.6 Å². The van der Waals surface area contributed by atoms with Crippen molar-refractivity contribution >= 4 is 17.6 Å². The van der Waals surface area contributed by atoms with E-state index in [4.69, 9.17) is 11.6 Å². The Labute approximate surface area is 107 Å². The highest BCUT2D eigenvalue weighted by atomic mass is 35.5. The highest BCUT2D eigenvalue weighted by molar-refractivity contribution is 6.18. The van der Waals surface area contributed by atoms with Gasteiger partial charge in [-0.2, -0.15) is 5.01 Å². The Kier molecular flexibility index (Phi) is 4.46. The van der Waals surface area contributed by atoms with E-state index in [1.54, 1.807) is 0 Å². The molecule has 0 aromatic rings. The summed E-state index contributed by atoms with van der Waals surface area (Å²) in [6.07, 6.45) is -2.04. The number of aliphatic hydroxyl groups is 4. The fraction of sp³-hybridized carbons (Fsp3) is 0.875. The molecular weight excluding hydrogens is 270 g/mol. The number of amides is 2. The summed E-state index contributed by atoms with van der Waals surface area (Å²) in [4.78, 5) is 21.9. The molecule has 1 aliphatic carbocycles. The van der Waals surface area contributed by atoms with Gasteiger partial charge in [-0.3, -0.25) is 0 Å². The number of nitrogens with one attached hydrogen (secondary N) is 1. The fourth-order valence-corrected chi connectivity index (χ4v) is 1.82. The first kappa shape index (κ1) is 15.1. The second kappa shape index (κ2) is 5.33. The Morgan fingerprint density at radius 1 is 1.50 bits per heavy atom. The molecule has 5 N–H and O–H groups in total. The summed E-state index contributed by atoms with van der Waals surface area (Å²) in [7, 11) is 0. The van der Waals surface area contributed by atoms with Crippen LogP contribution in [0.3, 0.4) is 0 Å². The highest BCUT2D eigenvalue weighted by Gasteiger charge is 2.59. The molecule has 0 saturated heterocycles. The van der Waals surface area contributed by atoms with Crippen LogP contribution in [0, 0.1) is 4.91 Å². The van der Waals surface area contributed by atoms with Gasteiger partial charge >= 0.3 is 6.03 Å². The number of hydrogen-bond donors (Lipinski definition) is 5. The van der Waals surface area contributed by atoms with Crippen molar-refractivity contribution in [1.82, 2.24) is 10.3 Å². The maximum atomic E-state index is 11.5. The predicted molar refractivity (Wildman–Crippen MR) is 59.1 cm³/mol. The molecule has 1 aliphatic rings. The van der Waals surface area contributed by atoms with Gasteiger partial charge in [0.1, 0.15) is 6.10 Å². The molecule has 10 heteroatoms. The summed E-state index contributed by atoms with van der Waals surface area (Å²) in [6.45, 7) is -0.209. The van der Waals surface area contributed by atoms with Gasteiger partial charge in [-0.25, -0.2) is 4.79 Å². The Hall–Kier alpha value is -1.00. The molecule has 1 fully saturated rings. The number of halogens is 1. The fourth-order valence-electron chi connectivity index (χ4n) is 1.66. The van der Waals surface area contributed by atoms with E-state index in [-0.39, 0.29) is 25.3 Å². The highest BCUT2D eigenvalue weighted by Crippen LogP contribution is 2.35. The first-order valence-electron chi connectivity index (χ1n) is 5.12. The lowest BCUT2D eigenvalue weighted by Crippen LogP contribution is -2.66. The maximum absolute atomic E-state index is 11.5. The SMILES string of the molecule is O=NN(CCCl)C(=O)NC1(O)CCC(O)C1(O)O. The van der Waals surface area contributed by atoms with Crippen molar-refractivity contribution in [3.05, 3.63) is 4.91 Å². The van der Waals surface area contributed by atoms with Crippen LogP contribution in [0.5, 0.6) is 0 Å². The average molecular weight is 284 g/mol. The number of alkyl halides is 1. The van der Waals surface area contributed by atoms with Crippen molar-refractivity contribution in [2.45, 2.75) is 30.5 Å². The normalized spacial score (nSPS) is 29.9. The first-order valence-corrected chi connectivity index (χ1v) is 5.66. The van der Waals surface area contributed by atoms with Crippen molar-refractivity contribution in [2.75, 3.05) is 12.4 Å². The lowest BCUT2D eigenvalue weighted by atomic mass is 10.1. The van der Waals surface area contributed by atoms with Gasteiger partial charge in [-0.1, -0.05) is 0 Å². The summed E-state index contributed by atoms with van der Waals surface area (Å²) in [5, 5.41) is 42.7. The predicted octanol–water partition coefficient (Wildman–Crippen LogP) is -1.56. The molecule has 104 valence electrons. The van der Waals surface area contributed by atoms with Gasteiger partial charge in [0.05, 0.1) is 11.8 Å². The van der Waals surface area contributed by atoms with Gasteiger partial charge in [-0.05, 0) is 6.42 Å². The number of nitroso groups, excluding NO2 is 1. The van der Waals surface area contributed by atoms with Crippen LogP contribution in [0.15, 0.2) is 5.29 Å². The molecule has 2 atom stereocenters. The molecule has 1 saturated carbocycles. The van der Waals surface area contributed by atoms with Gasteiger partial charge in [0.2, 0.25) is 5.79 Å². The standard InChI is InChI=1S/C8H14ClN3O6/c9-3-4-12(11-18)6(14)10-7(15)2-1-5(13)8(7,16)17/h5,13,15-17H,1-4H2,(H,10,14). The molecule has 0 heterocycles. The molecule has 1 rings (SSSR count). The largest absolute Gasteiger partial charge is 0.387 e. The van der Waals surface area contributed by atoms with E-state index >= 15 is 0 Å². The van der Waals surface area contributed by atoms with Crippen LogP contribution in [-0.4, -0.2) is 61.5 Å². The average Bonchev–Trinajstić information content (AvgIpc) is 2.50. The Morgan fingerprint density at radius 2 is 2.11 bits per heavy atom. The molecular formula is C8H14ClN3O6. The van der Waals surface area contributed by atoms with Crippen molar-refractivity contribution in [3.63, 3.8) is 0 Å². The van der Waals surface area contributed by atoms with E-state index in [1.807, 2.05) is 5.32 Å². The van der Waals surface area contributed by atoms with Crippen LogP contribution in [0.2, 0.25) is 0 Å². The molecule has 18 heavy (non-hydrogen) atoms. The number of rotatable bonds is 4. The van der Waals surface area contributed by atoms with Crippen LogP contribution in [0.1, 0.15) is 12.8 Å². The Balaban J connectivity index is 2.77. The Morgan fingerprint density at radius 3 is 2.50 bits per heavy atom. The number of carbonyl (C=O) groups is 1. The van der Waals surface area contributed by atoms with Crippen molar-refractivity contribution in [2.24, 2.45) is 5.29 Å². The molecule has 0 aliphatic heterocycles. The number of urea groups is 1. The molecule has 2 unspecified atom stereocenters. The zero-order valence-corrected chi connectivity index (χ0v) is 10.0. The van der Waals surface area contributed by atoms with Crippen molar-refractivity contribution < 1.29 is 25.2 Å². The molecule has 0 radical (unpaired) electrons. The van der Waals surface area contributed by atoms with E-state index in [0.717, 1.165) is 0 Å². The van der Waals surface area contributed by atoms with Crippen LogP contribution >= 0.6 is 11.6 Å². The zero-order valence-electron chi connectivity index (χ0n) is 9.28. The zero-order chi connectivity index (χ0) is 14.0. The summed E-state index contributed by atoms with van der Waals surface area (Å²) in [5.41, 5.74) is -2.46. The van der Waals surface area contributed by atoms with E-state index in [0.29, 0.717) is 5.01 Å². The molecule has 9 nitrogen and oxygen atoms in total. The second-order valence-electron chi connectivity index (χ2n) is 3.96. The monoisotopic (exact) mass is 283 g/mol. The summed E-state index contributed by atoms with van der Waals surface area (Å²) in [6, 6.07) is -1.14. The lowest BCUT2D eigenvalue weighted by Gasteiger charge is -2.35. The number of nitrogens with zero attached hydrogens (tertiary/aromatic N) is 2. The maximum Gasteiger partial charge on any atom is 0.342 e. The van der Waals surface area contributed by atoms with E-state index in [2.05, 4.69) is 5.29 Å². The van der Waals surface area contributed by atoms with Gasteiger partial charge < -0.3 is 25.7 Å². The second-order valence-corrected chi connectivity index (χ2v) is 4.34. The third kappa shape index (κ3) is 2.54. The smallest absolute Gasteiger partial charge is 0.342 e. The minimum absolute atomic E-state index is 0.0659. The van der Waals surface area contributed by atoms with Crippen molar-refractivity contribution in [3.8, 4) is 0 Å². The molecule has 0 spiro atoms. The van der Waals surface area contributed by atoms with Crippen LogP contribution in [0.4, 0.5) is 4.79 Å². The minimum Gasteiger partial charge on any atom is -0.387 e. The third-order valence-corrected chi connectivity index (χ3v) is 2.96. The lowest BCUT2D eigenvalue weighted by molar-refractivity contribution is -0.296.